The number of amides is 1. The average molecular weight is 576 g/mol. The van der Waals surface area contributed by atoms with Gasteiger partial charge in [-0.1, -0.05) is 6.07 Å². The van der Waals surface area contributed by atoms with Crippen LogP contribution in [0.15, 0.2) is 55.4 Å². The van der Waals surface area contributed by atoms with Gasteiger partial charge in [-0.3, -0.25) is 9.69 Å². The molecule has 0 saturated carbocycles. The molecule has 1 aliphatic rings. The van der Waals surface area contributed by atoms with E-state index in [0.29, 0.717) is 54.1 Å². The first kappa shape index (κ1) is 28.6. The SMILES string of the molecule is COc1cc(Nc2ncncc2-c2cc(Nc3ccc(CN4CCN(C(=O)CO)CC4)cn3)ncn2)c(F)c(OC)c1. The van der Waals surface area contributed by atoms with Crippen molar-refractivity contribution in [3.63, 3.8) is 0 Å². The molecule has 0 unspecified atom stereocenters. The van der Waals surface area contributed by atoms with Gasteiger partial charge in [-0.25, -0.2) is 29.3 Å². The predicted octanol–water partition coefficient (Wildman–Crippen LogP) is 2.61. The fraction of sp³-hybridized carbons (Fsp3) is 0.286. The zero-order valence-corrected chi connectivity index (χ0v) is 23.1. The normalized spacial score (nSPS) is 13.5. The molecule has 0 atom stereocenters. The molecule has 3 aromatic heterocycles. The summed E-state index contributed by atoms with van der Waals surface area (Å²) in [6.45, 7) is 2.89. The summed E-state index contributed by atoms with van der Waals surface area (Å²) in [7, 11) is 2.86. The van der Waals surface area contributed by atoms with Crippen molar-refractivity contribution in [2.45, 2.75) is 6.54 Å². The van der Waals surface area contributed by atoms with E-state index in [0.717, 1.165) is 18.7 Å². The Morgan fingerprint density at radius 3 is 2.50 bits per heavy atom. The van der Waals surface area contributed by atoms with Crippen LogP contribution in [0.2, 0.25) is 0 Å². The van der Waals surface area contributed by atoms with E-state index in [4.69, 9.17) is 14.6 Å². The number of anilines is 4. The molecule has 0 aliphatic carbocycles. The molecule has 14 heteroatoms. The van der Waals surface area contributed by atoms with Gasteiger partial charge in [0.05, 0.1) is 31.2 Å². The van der Waals surface area contributed by atoms with Gasteiger partial charge in [0.25, 0.3) is 0 Å². The van der Waals surface area contributed by atoms with Crippen LogP contribution in [0.25, 0.3) is 11.3 Å². The summed E-state index contributed by atoms with van der Waals surface area (Å²) in [5.74, 6) is 1.02. The van der Waals surface area contributed by atoms with Crippen LogP contribution in [0, 0.1) is 5.82 Å². The number of carbonyl (C=O) groups is 1. The molecule has 4 aromatic rings. The van der Waals surface area contributed by atoms with Gasteiger partial charge >= 0.3 is 0 Å². The van der Waals surface area contributed by atoms with Gasteiger partial charge in [0.15, 0.2) is 11.6 Å². The molecule has 5 rings (SSSR count). The molecule has 218 valence electrons. The van der Waals surface area contributed by atoms with Gasteiger partial charge < -0.3 is 30.1 Å². The maximum atomic E-state index is 15.0. The number of aromatic nitrogens is 5. The zero-order chi connectivity index (χ0) is 29.5. The third-order valence-electron chi connectivity index (χ3n) is 6.72. The standard InChI is InChI=1S/C28H30FN9O4/c1-41-19-9-22(27(29)23(10-19)42-2)35-28-20(13-30-16-34-28)21-11-25(33-17-32-21)36-24-4-3-18(12-31-24)14-37-5-7-38(8-6-37)26(40)15-39/h3-4,9-13,16-17,39H,5-8,14-15H2,1-2H3,(H,30,34,35)(H,31,32,33,36). The number of benzene rings is 1. The van der Waals surface area contributed by atoms with Crippen molar-refractivity contribution in [3.8, 4) is 22.8 Å². The number of aliphatic hydroxyl groups excluding tert-OH is 1. The first-order valence-corrected chi connectivity index (χ1v) is 13.1. The Kier molecular flexibility index (Phi) is 8.94. The van der Waals surface area contributed by atoms with Gasteiger partial charge in [-0.2, -0.15) is 0 Å². The monoisotopic (exact) mass is 575 g/mol. The molecular formula is C28H30FN9O4. The van der Waals surface area contributed by atoms with Crippen molar-refractivity contribution in [1.82, 2.24) is 34.7 Å². The number of methoxy groups -OCH3 is 2. The second-order valence-electron chi connectivity index (χ2n) is 9.38. The zero-order valence-electron chi connectivity index (χ0n) is 23.1. The highest BCUT2D eigenvalue weighted by Gasteiger charge is 2.20. The third kappa shape index (κ3) is 6.67. The minimum atomic E-state index is -0.596. The van der Waals surface area contributed by atoms with Crippen molar-refractivity contribution in [2.75, 3.05) is 57.6 Å². The number of halogens is 1. The van der Waals surface area contributed by atoms with Crippen LogP contribution >= 0.6 is 0 Å². The van der Waals surface area contributed by atoms with Crippen molar-refractivity contribution in [3.05, 3.63) is 66.8 Å². The van der Waals surface area contributed by atoms with E-state index in [1.807, 2.05) is 12.1 Å². The maximum Gasteiger partial charge on any atom is 0.248 e. The number of carbonyl (C=O) groups excluding carboxylic acids is 1. The van der Waals surface area contributed by atoms with Crippen LogP contribution in [-0.4, -0.2) is 92.7 Å². The van der Waals surface area contributed by atoms with E-state index < -0.39 is 12.4 Å². The van der Waals surface area contributed by atoms with E-state index >= 15 is 0 Å². The Hall–Kier alpha value is -4.95. The number of rotatable bonds is 10. The molecule has 3 N–H and O–H groups in total. The molecule has 1 saturated heterocycles. The first-order valence-electron chi connectivity index (χ1n) is 13.1. The lowest BCUT2D eigenvalue weighted by Crippen LogP contribution is -2.49. The minimum absolute atomic E-state index is 0.0246. The van der Waals surface area contributed by atoms with Gasteiger partial charge in [0.2, 0.25) is 5.91 Å². The van der Waals surface area contributed by atoms with Gasteiger partial charge in [-0.15, -0.1) is 0 Å². The molecule has 0 spiro atoms. The summed E-state index contributed by atoms with van der Waals surface area (Å²) < 4.78 is 25.4. The molecule has 1 aromatic carbocycles. The lowest BCUT2D eigenvalue weighted by Gasteiger charge is -2.34. The molecule has 13 nitrogen and oxygen atoms in total. The Bertz CT molecular complexity index is 1530. The number of aliphatic hydroxyl groups is 1. The lowest BCUT2D eigenvalue weighted by molar-refractivity contribution is -0.136. The Labute approximate surface area is 241 Å². The molecular weight excluding hydrogens is 545 g/mol. The number of pyridine rings is 1. The van der Waals surface area contributed by atoms with Crippen molar-refractivity contribution in [1.29, 1.82) is 0 Å². The highest BCUT2D eigenvalue weighted by atomic mass is 19.1. The van der Waals surface area contributed by atoms with E-state index in [-0.39, 0.29) is 17.3 Å². The number of hydrogen-bond donors (Lipinski definition) is 3. The van der Waals surface area contributed by atoms with Gasteiger partial charge in [0, 0.05) is 63.3 Å². The fourth-order valence-corrected chi connectivity index (χ4v) is 4.48. The van der Waals surface area contributed by atoms with Crippen molar-refractivity contribution < 1.29 is 23.8 Å². The summed E-state index contributed by atoms with van der Waals surface area (Å²) in [5, 5.41) is 15.2. The lowest BCUT2D eigenvalue weighted by atomic mass is 10.2. The molecule has 0 bridgehead atoms. The molecule has 4 heterocycles. The second-order valence-corrected chi connectivity index (χ2v) is 9.38. The van der Waals surface area contributed by atoms with Crippen LogP contribution in [0.3, 0.4) is 0 Å². The maximum absolute atomic E-state index is 15.0. The number of hydrogen-bond acceptors (Lipinski definition) is 12. The van der Waals surface area contributed by atoms with Crippen LogP contribution in [-0.2, 0) is 11.3 Å². The molecule has 0 radical (unpaired) electrons. The third-order valence-corrected chi connectivity index (χ3v) is 6.72. The highest BCUT2D eigenvalue weighted by Crippen LogP contribution is 2.34. The smallest absolute Gasteiger partial charge is 0.248 e. The van der Waals surface area contributed by atoms with Crippen LogP contribution in [0.4, 0.5) is 27.5 Å². The average Bonchev–Trinajstić information content (AvgIpc) is 3.03. The summed E-state index contributed by atoms with van der Waals surface area (Å²) in [4.78, 5) is 37.2. The highest BCUT2D eigenvalue weighted by molar-refractivity contribution is 5.78. The Balaban J connectivity index is 1.27. The Morgan fingerprint density at radius 2 is 1.79 bits per heavy atom. The number of nitrogens with one attached hydrogen (secondary N) is 2. The molecule has 42 heavy (non-hydrogen) atoms. The fourth-order valence-electron chi connectivity index (χ4n) is 4.48. The van der Waals surface area contributed by atoms with Gasteiger partial charge in [0.1, 0.15) is 42.5 Å². The van der Waals surface area contributed by atoms with E-state index in [1.54, 1.807) is 23.4 Å². The molecule has 1 aliphatic heterocycles. The minimum Gasteiger partial charge on any atom is -0.497 e. The second kappa shape index (κ2) is 13.1. The first-order chi connectivity index (χ1) is 20.5. The van der Waals surface area contributed by atoms with Crippen LogP contribution in [0.5, 0.6) is 11.5 Å². The largest absolute Gasteiger partial charge is 0.497 e. The summed E-state index contributed by atoms with van der Waals surface area (Å²) in [6.07, 6.45) is 6.11. The summed E-state index contributed by atoms with van der Waals surface area (Å²) in [5.41, 5.74) is 2.17. The van der Waals surface area contributed by atoms with Crippen LogP contribution in [0.1, 0.15) is 5.56 Å². The number of ether oxygens (including phenoxy) is 2. The number of piperazine rings is 1. The van der Waals surface area contributed by atoms with Crippen LogP contribution < -0.4 is 20.1 Å². The van der Waals surface area contributed by atoms with E-state index in [1.165, 1.54) is 39.0 Å². The van der Waals surface area contributed by atoms with Gasteiger partial charge in [-0.05, 0) is 11.6 Å². The van der Waals surface area contributed by atoms with Crippen molar-refractivity contribution >= 4 is 29.0 Å². The quantitative estimate of drug-likeness (QED) is 0.255. The molecule has 1 amide bonds. The van der Waals surface area contributed by atoms with E-state index in [9.17, 15) is 9.18 Å². The predicted molar refractivity (Wildman–Crippen MR) is 152 cm³/mol. The van der Waals surface area contributed by atoms with Crippen molar-refractivity contribution in [2.24, 2.45) is 0 Å². The topological polar surface area (TPSA) is 151 Å². The number of nitrogens with zero attached hydrogens (tertiary/aromatic N) is 7. The van der Waals surface area contributed by atoms with E-state index in [2.05, 4.69) is 40.5 Å². The summed E-state index contributed by atoms with van der Waals surface area (Å²) >= 11 is 0. The summed E-state index contributed by atoms with van der Waals surface area (Å²) in [6, 6.07) is 8.51. The Morgan fingerprint density at radius 1 is 0.952 bits per heavy atom. The molecule has 1 fully saturated rings.